The molecule has 5 N–H and O–H groups in total. The number of hydrogen-bond acceptors (Lipinski definition) is 7. The Balaban J connectivity index is 2.17. The van der Waals surface area contributed by atoms with Gasteiger partial charge in [0.25, 0.3) is 5.91 Å². The highest BCUT2D eigenvalue weighted by Crippen LogP contribution is 2.14. The van der Waals surface area contributed by atoms with E-state index in [9.17, 15) is 14.7 Å². The summed E-state index contributed by atoms with van der Waals surface area (Å²) < 4.78 is 9.91. The van der Waals surface area contributed by atoms with Gasteiger partial charge >= 0.3 is 6.09 Å². The number of benzene rings is 2. The fourth-order valence-corrected chi connectivity index (χ4v) is 3.60. The molecule has 0 aliphatic carbocycles. The normalized spacial score (nSPS) is 14.5. The third-order valence-electron chi connectivity index (χ3n) is 5.97. The first-order valence-corrected chi connectivity index (χ1v) is 11.8. The highest BCUT2D eigenvalue weighted by Gasteiger charge is 2.29. The standard InChI is InChI=1S/C26H38N4O5/c1-5-18(2)24(28-26(33)35-4)25(32)29-30(16-20-11-13-21(34-3)14-12-20)17-23(31)22(27)15-19-9-7-6-8-10-19/h6-14,18,22-24,31H,5,15-17,27H2,1-4H3,(H,28,33)(H,29,32)/t18-,22-,23-,24-/m0/s1. The Kier molecular flexibility index (Phi) is 11.5. The Morgan fingerprint density at radius 1 is 1.06 bits per heavy atom. The molecule has 9 heteroatoms. The largest absolute Gasteiger partial charge is 0.497 e. The summed E-state index contributed by atoms with van der Waals surface area (Å²) in [6.45, 7) is 4.22. The van der Waals surface area contributed by atoms with Crippen LogP contribution < -0.4 is 21.2 Å². The number of nitrogens with zero attached hydrogens (tertiary/aromatic N) is 1. The molecule has 0 heterocycles. The van der Waals surface area contributed by atoms with E-state index in [1.807, 2.05) is 68.4 Å². The van der Waals surface area contributed by atoms with Crippen molar-refractivity contribution >= 4 is 12.0 Å². The molecule has 2 amide bonds. The number of carbonyl (C=O) groups is 2. The van der Waals surface area contributed by atoms with E-state index in [4.69, 9.17) is 10.5 Å². The molecule has 0 aromatic heterocycles. The number of aliphatic hydroxyl groups is 1. The lowest BCUT2D eigenvalue weighted by Crippen LogP contribution is -2.57. The van der Waals surface area contributed by atoms with E-state index >= 15 is 0 Å². The van der Waals surface area contributed by atoms with Gasteiger partial charge in [0.1, 0.15) is 11.8 Å². The molecule has 0 unspecified atom stereocenters. The maximum atomic E-state index is 13.2. The average Bonchev–Trinajstić information content (AvgIpc) is 2.87. The number of alkyl carbamates (subject to hydrolysis) is 1. The molecule has 0 saturated carbocycles. The number of methoxy groups -OCH3 is 2. The van der Waals surface area contributed by atoms with E-state index in [-0.39, 0.29) is 12.5 Å². The topological polar surface area (TPSA) is 126 Å². The number of rotatable bonds is 13. The second-order valence-electron chi connectivity index (χ2n) is 8.62. The van der Waals surface area contributed by atoms with Crippen LogP contribution in [-0.2, 0) is 22.5 Å². The number of amides is 2. The summed E-state index contributed by atoms with van der Waals surface area (Å²) >= 11 is 0. The summed E-state index contributed by atoms with van der Waals surface area (Å²) in [6.07, 6.45) is -0.432. The van der Waals surface area contributed by atoms with Crippen LogP contribution in [0.25, 0.3) is 0 Å². The first-order valence-electron chi connectivity index (χ1n) is 11.8. The molecular weight excluding hydrogens is 448 g/mol. The van der Waals surface area contributed by atoms with Gasteiger partial charge in [-0.25, -0.2) is 9.80 Å². The second kappa shape index (κ2) is 14.3. The van der Waals surface area contributed by atoms with Crippen molar-refractivity contribution in [2.24, 2.45) is 11.7 Å². The van der Waals surface area contributed by atoms with Gasteiger partial charge < -0.3 is 25.6 Å². The minimum atomic E-state index is -0.913. The number of ether oxygens (including phenoxy) is 2. The second-order valence-corrected chi connectivity index (χ2v) is 8.62. The van der Waals surface area contributed by atoms with Gasteiger partial charge in [0.2, 0.25) is 0 Å². The zero-order valence-electron chi connectivity index (χ0n) is 20.9. The van der Waals surface area contributed by atoms with E-state index in [1.165, 1.54) is 7.11 Å². The molecule has 192 valence electrons. The van der Waals surface area contributed by atoms with Crippen LogP contribution in [0.15, 0.2) is 54.6 Å². The molecule has 35 heavy (non-hydrogen) atoms. The van der Waals surface area contributed by atoms with Crippen molar-refractivity contribution in [1.82, 2.24) is 15.8 Å². The van der Waals surface area contributed by atoms with Crippen LogP contribution in [0, 0.1) is 5.92 Å². The SMILES string of the molecule is CC[C@H](C)[C@H](NC(=O)OC)C(=O)NN(Cc1ccc(OC)cc1)C[C@H](O)[C@@H](N)Cc1ccccc1. The number of aliphatic hydroxyl groups excluding tert-OH is 1. The lowest BCUT2D eigenvalue weighted by molar-refractivity contribution is -0.130. The van der Waals surface area contributed by atoms with E-state index in [0.717, 1.165) is 11.1 Å². The third-order valence-corrected chi connectivity index (χ3v) is 5.97. The third kappa shape index (κ3) is 9.20. The highest BCUT2D eigenvalue weighted by molar-refractivity contribution is 5.85. The van der Waals surface area contributed by atoms with Crippen LogP contribution in [0.2, 0.25) is 0 Å². The van der Waals surface area contributed by atoms with Crippen molar-refractivity contribution < 1.29 is 24.2 Å². The van der Waals surface area contributed by atoms with Gasteiger partial charge in [-0.15, -0.1) is 0 Å². The summed E-state index contributed by atoms with van der Waals surface area (Å²) in [5.74, 6) is 0.178. The first kappa shape index (κ1) is 28.1. The van der Waals surface area contributed by atoms with Gasteiger partial charge in [0, 0.05) is 19.1 Å². The number of nitrogens with one attached hydrogen (secondary N) is 2. The average molecular weight is 487 g/mol. The van der Waals surface area contributed by atoms with Crippen molar-refractivity contribution in [3.63, 3.8) is 0 Å². The Morgan fingerprint density at radius 2 is 1.71 bits per heavy atom. The zero-order valence-corrected chi connectivity index (χ0v) is 20.9. The number of nitrogens with two attached hydrogens (primary N) is 1. The van der Waals surface area contributed by atoms with Crippen LogP contribution in [0.4, 0.5) is 4.79 Å². The monoisotopic (exact) mass is 486 g/mol. The van der Waals surface area contributed by atoms with Crippen molar-refractivity contribution in [3.8, 4) is 5.75 Å². The van der Waals surface area contributed by atoms with Gasteiger partial charge in [0.05, 0.1) is 20.3 Å². The smallest absolute Gasteiger partial charge is 0.407 e. The number of hydrazine groups is 1. The predicted octanol–water partition coefficient (Wildman–Crippen LogP) is 2.23. The molecule has 9 nitrogen and oxygen atoms in total. The van der Waals surface area contributed by atoms with Crippen molar-refractivity contribution in [2.75, 3.05) is 20.8 Å². The van der Waals surface area contributed by atoms with Crippen LogP contribution in [0.1, 0.15) is 31.4 Å². The summed E-state index contributed by atoms with van der Waals surface area (Å²) in [5, 5.41) is 15.1. The van der Waals surface area contributed by atoms with Gasteiger partial charge in [0.15, 0.2) is 0 Å². The molecule has 0 radical (unpaired) electrons. The summed E-state index contributed by atoms with van der Waals surface area (Å²) in [7, 11) is 2.84. The van der Waals surface area contributed by atoms with Crippen molar-refractivity contribution in [3.05, 3.63) is 65.7 Å². The van der Waals surface area contributed by atoms with Crippen LogP contribution in [0.5, 0.6) is 5.75 Å². The first-order chi connectivity index (χ1) is 16.8. The van der Waals surface area contributed by atoms with Crippen LogP contribution >= 0.6 is 0 Å². The summed E-state index contributed by atoms with van der Waals surface area (Å²) in [4.78, 5) is 25.0. The molecule has 0 saturated heterocycles. The minimum absolute atomic E-state index is 0.0945. The summed E-state index contributed by atoms with van der Waals surface area (Å²) in [6, 6.07) is 15.8. The van der Waals surface area contributed by atoms with E-state index in [1.54, 1.807) is 12.1 Å². The molecule has 0 fully saturated rings. The van der Waals surface area contributed by atoms with Crippen molar-refractivity contribution in [1.29, 1.82) is 0 Å². The minimum Gasteiger partial charge on any atom is -0.497 e. The van der Waals surface area contributed by atoms with Gasteiger partial charge in [-0.1, -0.05) is 62.7 Å². The van der Waals surface area contributed by atoms with Crippen molar-refractivity contribution in [2.45, 2.75) is 51.4 Å². The lowest BCUT2D eigenvalue weighted by Gasteiger charge is -2.31. The van der Waals surface area contributed by atoms with E-state index in [0.29, 0.717) is 25.1 Å². The molecule has 2 aromatic carbocycles. The lowest BCUT2D eigenvalue weighted by atomic mass is 9.98. The van der Waals surface area contributed by atoms with Crippen LogP contribution in [-0.4, -0.2) is 61.1 Å². The molecular formula is C26H38N4O5. The number of carbonyl (C=O) groups excluding carboxylic acids is 2. The van der Waals surface area contributed by atoms with Gasteiger partial charge in [-0.05, 0) is 35.6 Å². The molecule has 2 aromatic rings. The predicted molar refractivity (Wildman–Crippen MR) is 134 cm³/mol. The highest BCUT2D eigenvalue weighted by atomic mass is 16.5. The maximum Gasteiger partial charge on any atom is 0.407 e. The fourth-order valence-electron chi connectivity index (χ4n) is 3.60. The number of hydrogen-bond donors (Lipinski definition) is 4. The molecule has 4 atom stereocenters. The molecule has 0 bridgehead atoms. The van der Waals surface area contributed by atoms with E-state index in [2.05, 4.69) is 15.5 Å². The van der Waals surface area contributed by atoms with Crippen LogP contribution in [0.3, 0.4) is 0 Å². The van der Waals surface area contributed by atoms with E-state index < -0.39 is 30.2 Å². The fraction of sp³-hybridized carbons (Fsp3) is 0.462. The van der Waals surface area contributed by atoms with Gasteiger partial charge in [-0.3, -0.25) is 10.2 Å². The molecule has 2 rings (SSSR count). The Hall–Kier alpha value is -3.14. The summed E-state index contributed by atoms with van der Waals surface area (Å²) in [5.41, 5.74) is 11.1. The van der Waals surface area contributed by atoms with Gasteiger partial charge in [-0.2, -0.15) is 0 Å². The Labute approximate surface area is 207 Å². The maximum absolute atomic E-state index is 13.2. The zero-order chi connectivity index (χ0) is 25.8. The Morgan fingerprint density at radius 3 is 2.29 bits per heavy atom. The molecule has 0 aliphatic rings. The molecule has 0 aliphatic heterocycles. The Bertz CT molecular complexity index is 910. The molecule has 0 spiro atoms. The quantitative estimate of drug-likeness (QED) is 0.320.